The summed E-state index contributed by atoms with van der Waals surface area (Å²) in [5, 5.41) is 8.05. The molecule has 0 bridgehead atoms. The van der Waals surface area contributed by atoms with Gasteiger partial charge in [0.25, 0.3) is 0 Å². The van der Waals surface area contributed by atoms with E-state index in [0.717, 1.165) is 71.2 Å². The molecule has 8 nitrogen and oxygen atoms in total. The largest absolute Gasteiger partial charge is 0.454 e. The van der Waals surface area contributed by atoms with Gasteiger partial charge in [0.05, 0.1) is 16.4 Å². The summed E-state index contributed by atoms with van der Waals surface area (Å²) >= 11 is 3.62. The van der Waals surface area contributed by atoms with Crippen LogP contribution in [0, 0.1) is 0 Å². The Morgan fingerprint density at radius 2 is 2.12 bits per heavy atom. The molecular formula is C25H25BrN6O2. The topological polar surface area (TPSA) is 76.8 Å². The van der Waals surface area contributed by atoms with E-state index >= 15 is 0 Å². The summed E-state index contributed by atoms with van der Waals surface area (Å²) in [6.07, 6.45) is 7.70. The van der Waals surface area contributed by atoms with Crippen LogP contribution in [0.5, 0.6) is 11.5 Å². The molecule has 9 heteroatoms. The van der Waals surface area contributed by atoms with Crippen LogP contribution >= 0.6 is 15.9 Å². The average molecular weight is 521 g/mol. The zero-order chi connectivity index (χ0) is 22.9. The van der Waals surface area contributed by atoms with Crippen LogP contribution in [0.25, 0.3) is 5.65 Å². The molecule has 0 radical (unpaired) electrons. The molecular weight excluding hydrogens is 496 g/mol. The first kappa shape index (κ1) is 21.4. The van der Waals surface area contributed by atoms with E-state index in [2.05, 4.69) is 54.4 Å². The number of hydrogen-bond donors (Lipinski definition) is 1. The average Bonchev–Trinajstić information content (AvgIpc) is 3.51. The highest BCUT2D eigenvalue weighted by atomic mass is 79.9. The smallest absolute Gasteiger partial charge is 0.231 e. The molecule has 1 atom stereocenters. The Balaban J connectivity index is 1.24. The summed E-state index contributed by atoms with van der Waals surface area (Å²) in [6, 6.07) is 12.3. The maximum Gasteiger partial charge on any atom is 0.231 e. The lowest BCUT2D eigenvalue weighted by Crippen LogP contribution is -2.34. The predicted octanol–water partition coefficient (Wildman–Crippen LogP) is 4.61. The van der Waals surface area contributed by atoms with Crippen LogP contribution in [-0.2, 0) is 13.1 Å². The van der Waals surface area contributed by atoms with Crippen molar-refractivity contribution in [2.75, 3.05) is 25.2 Å². The number of para-hydroxylation sites is 1. The van der Waals surface area contributed by atoms with Crippen molar-refractivity contribution in [3.05, 3.63) is 76.3 Å². The highest BCUT2D eigenvalue weighted by molar-refractivity contribution is 9.10. The van der Waals surface area contributed by atoms with Gasteiger partial charge in [-0.3, -0.25) is 9.88 Å². The Bertz CT molecular complexity index is 1310. The highest BCUT2D eigenvalue weighted by Crippen LogP contribution is 2.37. The molecule has 5 heterocycles. The molecule has 2 aliphatic rings. The van der Waals surface area contributed by atoms with Crippen molar-refractivity contribution in [3.63, 3.8) is 0 Å². The highest BCUT2D eigenvalue weighted by Gasteiger charge is 2.26. The van der Waals surface area contributed by atoms with E-state index in [1.165, 1.54) is 5.56 Å². The maximum absolute atomic E-state index is 5.73. The van der Waals surface area contributed by atoms with Crippen molar-refractivity contribution in [2.24, 2.45) is 0 Å². The fraction of sp³-hybridized carbons (Fsp3) is 0.320. The maximum atomic E-state index is 5.73. The van der Waals surface area contributed by atoms with Crippen molar-refractivity contribution in [1.82, 2.24) is 24.5 Å². The number of pyridine rings is 1. The van der Waals surface area contributed by atoms with Crippen LogP contribution in [-0.4, -0.2) is 44.4 Å². The Hall–Kier alpha value is -3.17. The van der Waals surface area contributed by atoms with E-state index in [4.69, 9.17) is 14.5 Å². The summed E-state index contributed by atoms with van der Waals surface area (Å²) < 4.78 is 14.0. The SMILES string of the molecule is Brc1cnn2c(NCc3cccnc3)cc(C3CCCN(Cc4cccc5c4OCO5)C3)nc12. The molecule has 1 N–H and O–H groups in total. The number of likely N-dealkylation sites (tertiary alicyclic amines) is 1. The number of rotatable bonds is 6. The van der Waals surface area contributed by atoms with Crippen LogP contribution in [0.3, 0.4) is 0 Å². The number of ether oxygens (including phenoxy) is 2. The Morgan fingerprint density at radius 3 is 3.03 bits per heavy atom. The molecule has 34 heavy (non-hydrogen) atoms. The number of halogens is 1. The zero-order valence-corrected chi connectivity index (χ0v) is 20.2. The number of anilines is 1. The lowest BCUT2D eigenvalue weighted by Gasteiger charge is -2.32. The van der Waals surface area contributed by atoms with E-state index in [0.29, 0.717) is 19.3 Å². The predicted molar refractivity (Wildman–Crippen MR) is 132 cm³/mol. The van der Waals surface area contributed by atoms with Crippen molar-refractivity contribution >= 4 is 27.4 Å². The molecule has 3 aromatic heterocycles. The molecule has 2 aliphatic heterocycles. The van der Waals surface area contributed by atoms with Gasteiger partial charge in [-0.25, -0.2) is 4.98 Å². The molecule has 4 aromatic rings. The van der Waals surface area contributed by atoms with Gasteiger partial charge in [-0.15, -0.1) is 0 Å². The number of benzene rings is 1. The van der Waals surface area contributed by atoms with E-state index in [9.17, 15) is 0 Å². The first-order valence-electron chi connectivity index (χ1n) is 11.5. The minimum absolute atomic E-state index is 0.300. The van der Waals surface area contributed by atoms with Gasteiger partial charge in [-0.1, -0.05) is 18.2 Å². The van der Waals surface area contributed by atoms with Crippen molar-refractivity contribution in [2.45, 2.75) is 31.8 Å². The normalized spacial score (nSPS) is 17.9. The summed E-state index contributed by atoms with van der Waals surface area (Å²) in [6.45, 7) is 3.82. The van der Waals surface area contributed by atoms with E-state index in [-0.39, 0.29) is 0 Å². The minimum atomic E-state index is 0.300. The Kier molecular flexibility index (Phi) is 5.80. The van der Waals surface area contributed by atoms with Crippen molar-refractivity contribution in [1.29, 1.82) is 0 Å². The number of hydrogen-bond acceptors (Lipinski definition) is 7. The third-order valence-electron chi connectivity index (χ3n) is 6.44. The van der Waals surface area contributed by atoms with Crippen LogP contribution in [0.15, 0.2) is 59.5 Å². The second-order valence-corrected chi connectivity index (χ2v) is 9.59. The number of aromatic nitrogens is 4. The Morgan fingerprint density at radius 1 is 1.15 bits per heavy atom. The van der Waals surface area contributed by atoms with Gasteiger partial charge in [-0.05, 0) is 53.0 Å². The Labute approximate surface area is 206 Å². The zero-order valence-electron chi connectivity index (χ0n) is 18.7. The standard InChI is InChI=1S/C25H25BrN6O2/c26-20-13-29-32-23(28-12-17-4-2-8-27-11-17)10-21(30-25(20)32)18-6-3-9-31(14-18)15-19-5-1-7-22-24(19)34-16-33-22/h1-2,4-5,7-8,10-11,13,18,28H,3,6,9,12,14-16H2. The van der Waals surface area contributed by atoms with Gasteiger partial charge in [-0.2, -0.15) is 9.61 Å². The lowest BCUT2D eigenvalue weighted by molar-refractivity contribution is 0.169. The second kappa shape index (κ2) is 9.23. The van der Waals surface area contributed by atoms with Gasteiger partial charge in [0, 0.05) is 49.6 Å². The molecule has 0 aliphatic carbocycles. The minimum Gasteiger partial charge on any atom is -0.454 e. The van der Waals surface area contributed by atoms with Crippen molar-refractivity contribution in [3.8, 4) is 11.5 Å². The van der Waals surface area contributed by atoms with Gasteiger partial charge in [0.15, 0.2) is 17.1 Å². The van der Waals surface area contributed by atoms with Gasteiger partial charge in [0.2, 0.25) is 6.79 Å². The van der Waals surface area contributed by atoms with Crippen LogP contribution < -0.4 is 14.8 Å². The second-order valence-electron chi connectivity index (χ2n) is 8.73. The molecule has 0 amide bonds. The van der Waals surface area contributed by atoms with E-state index < -0.39 is 0 Å². The molecule has 1 unspecified atom stereocenters. The van der Waals surface area contributed by atoms with Crippen LogP contribution in [0.4, 0.5) is 5.82 Å². The summed E-state index contributed by atoms with van der Waals surface area (Å²) in [5.41, 5.74) is 4.21. The third kappa shape index (κ3) is 4.21. The van der Waals surface area contributed by atoms with E-state index in [1.807, 2.05) is 28.9 Å². The summed E-state index contributed by atoms with van der Waals surface area (Å²) in [4.78, 5) is 11.7. The molecule has 1 aromatic carbocycles. The number of nitrogens with one attached hydrogen (secondary N) is 1. The quantitative estimate of drug-likeness (QED) is 0.397. The fourth-order valence-electron chi connectivity index (χ4n) is 4.78. The van der Waals surface area contributed by atoms with Crippen LogP contribution in [0.2, 0.25) is 0 Å². The monoisotopic (exact) mass is 520 g/mol. The molecule has 0 saturated carbocycles. The van der Waals surface area contributed by atoms with Gasteiger partial charge >= 0.3 is 0 Å². The van der Waals surface area contributed by atoms with E-state index in [1.54, 1.807) is 12.4 Å². The molecule has 174 valence electrons. The lowest BCUT2D eigenvalue weighted by atomic mass is 9.94. The third-order valence-corrected chi connectivity index (χ3v) is 7.00. The van der Waals surface area contributed by atoms with Crippen LogP contribution in [0.1, 0.15) is 35.6 Å². The first-order valence-corrected chi connectivity index (χ1v) is 12.3. The number of nitrogens with zero attached hydrogens (tertiary/aromatic N) is 5. The molecule has 0 spiro atoms. The van der Waals surface area contributed by atoms with Gasteiger partial charge in [0.1, 0.15) is 5.82 Å². The van der Waals surface area contributed by atoms with Crippen molar-refractivity contribution < 1.29 is 9.47 Å². The molecule has 1 saturated heterocycles. The number of piperidine rings is 1. The molecule has 1 fully saturated rings. The summed E-state index contributed by atoms with van der Waals surface area (Å²) in [5.74, 6) is 2.99. The number of fused-ring (bicyclic) bond motifs is 2. The summed E-state index contributed by atoms with van der Waals surface area (Å²) in [7, 11) is 0. The fourth-order valence-corrected chi connectivity index (χ4v) is 5.13. The molecule has 6 rings (SSSR count). The first-order chi connectivity index (χ1) is 16.7. The van der Waals surface area contributed by atoms with Gasteiger partial charge < -0.3 is 14.8 Å².